The summed E-state index contributed by atoms with van der Waals surface area (Å²) in [6.07, 6.45) is -4.48. The molecule has 0 aliphatic heterocycles. The van der Waals surface area contributed by atoms with Crippen LogP contribution in [0.1, 0.15) is 15.9 Å². The van der Waals surface area contributed by atoms with E-state index in [-0.39, 0.29) is 30.0 Å². The van der Waals surface area contributed by atoms with Crippen LogP contribution in [0.3, 0.4) is 0 Å². The molecule has 0 spiro atoms. The van der Waals surface area contributed by atoms with Crippen molar-refractivity contribution in [3.05, 3.63) is 59.4 Å². The van der Waals surface area contributed by atoms with Gasteiger partial charge in [-0.1, -0.05) is 17.4 Å². The predicted molar refractivity (Wildman–Crippen MR) is 109 cm³/mol. The fraction of sp³-hybridized carbons (Fsp3) is 0.263. The van der Waals surface area contributed by atoms with Gasteiger partial charge in [0.15, 0.2) is 5.13 Å². The second-order valence-corrected chi connectivity index (χ2v) is 7.43. The molecule has 0 fully saturated rings. The summed E-state index contributed by atoms with van der Waals surface area (Å²) in [5.41, 5.74) is -0.560. The maximum Gasteiger partial charge on any atom is 0.416 e. The Balaban J connectivity index is 0.00000300. The molecule has 0 N–H and O–H groups in total. The number of nitrogens with zero attached hydrogens (tertiary/aromatic N) is 3. The van der Waals surface area contributed by atoms with Crippen molar-refractivity contribution in [2.75, 3.05) is 32.1 Å². The number of anilines is 1. The molecule has 2 aromatic carbocycles. The monoisotopic (exact) mass is 447 g/mol. The molecular weight excluding hydrogens is 430 g/mol. The van der Waals surface area contributed by atoms with E-state index in [0.29, 0.717) is 16.4 Å². The Kier molecular flexibility index (Phi) is 7.20. The van der Waals surface area contributed by atoms with E-state index in [1.165, 1.54) is 11.0 Å². The van der Waals surface area contributed by atoms with Gasteiger partial charge in [-0.05, 0) is 50.5 Å². The maximum absolute atomic E-state index is 14.0. The van der Waals surface area contributed by atoms with Crippen molar-refractivity contribution in [2.45, 2.75) is 6.18 Å². The summed E-state index contributed by atoms with van der Waals surface area (Å²) in [6, 6.07) is 8.57. The molecule has 10 heteroatoms. The number of alkyl halides is 3. The summed E-state index contributed by atoms with van der Waals surface area (Å²) < 4.78 is 52.9. The smallest absolute Gasteiger partial charge is 0.308 e. The number of carbonyl (C=O) groups is 1. The summed E-state index contributed by atoms with van der Waals surface area (Å²) in [5, 5.41) is 0.298. The highest BCUT2D eigenvalue weighted by molar-refractivity contribution is 7.22. The van der Waals surface area contributed by atoms with Crippen LogP contribution in [0.2, 0.25) is 0 Å². The van der Waals surface area contributed by atoms with Gasteiger partial charge in [0.1, 0.15) is 11.3 Å². The minimum atomic E-state index is -4.48. The highest BCUT2D eigenvalue weighted by atomic mass is 35.5. The van der Waals surface area contributed by atoms with E-state index in [9.17, 15) is 22.4 Å². The number of halogens is 5. The number of fused-ring (bicyclic) bond motifs is 1. The zero-order valence-corrected chi connectivity index (χ0v) is 17.2. The van der Waals surface area contributed by atoms with Crippen molar-refractivity contribution in [2.24, 2.45) is 0 Å². The molecule has 29 heavy (non-hydrogen) atoms. The first-order chi connectivity index (χ1) is 13.2. The van der Waals surface area contributed by atoms with Crippen molar-refractivity contribution < 1.29 is 22.4 Å². The van der Waals surface area contributed by atoms with Crippen molar-refractivity contribution in [3.8, 4) is 0 Å². The Labute approximate surface area is 175 Å². The molecule has 1 aromatic heterocycles. The van der Waals surface area contributed by atoms with Crippen LogP contribution in [0.15, 0.2) is 42.5 Å². The Morgan fingerprint density at radius 3 is 2.28 bits per heavy atom. The summed E-state index contributed by atoms with van der Waals surface area (Å²) in [6.45, 7) is 0.763. The summed E-state index contributed by atoms with van der Waals surface area (Å²) in [5.74, 6) is -0.982. The molecule has 4 nitrogen and oxygen atoms in total. The average molecular weight is 448 g/mol. The van der Waals surface area contributed by atoms with E-state index >= 15 is 0 Å². The first-order valence-electron chi connectivity index (χ1n) is 8.35. The SMILES string of the molecule is CN(C)CCN(C(=O)c1ccc(C(F)(F)F)cc1)c1nc2c(F)cccc2s1.Cl. The molecule has 3 aromatic rings. The van der Waals surface area contributed by atoms with Gasteiger partial charge in [0, 0.05) is 18.7 Å². The van der Waals surface area contributed by atoms with Gasteiger partial charge in [-0.2, -0.15) is 13.2 Å². The topological polar surface area (TPSA) is 36.4 Å². The van der Waals surface area contributed by atoms with Crippen LogP contribution < -0.4 is 4.90 Å². The number of aromatic nitrogens is 1. The Hall–Kier alpha value is -2.23. The molecule has 3 rings (SSSR count). The van der Waals surface area contributed by atoms with Crippen LogP contribution in [0, 0.1) is 5.82 Å². The lowest BCUT2D eigenvalue weighted by Gasteiger charge is -2.22. The number of hydrogen-bond acceptors (Lipinski definition) is 4. The molecule has 0 radical (unpaired) electrons. The van der Waals surface area contributed by atoms with E-state index < -0.39 is 23.5 Å². The van der Waals surface area contributed by atoms with Gasteiger partial charge < -0.3 is 4.90 Å². The van der Waals surface area contributed by atoms with Gasteiger partial charge in [-0.3, -0.25) is 9.69 Å². The number of para-hydroxylation sites is 1. The molecule has 156 valence electrons. The van der Waals surface area contributed by atoms with Gasteiger partial charge in [0.25, 0.3) is 5.91 Å². The Morgan fingerprint density at radius 2 is 1.72 bits per heavy atom. The third-order valence-electron chi connectivity index (χ3n) is 4.06. The number of benzene rings is 2. The second-order valence-electron chi connectivity index (χ2n) is 6.42. The van der Waals surface area contributed by atoms with Crippen LogP contribution >= 0.6 is 23.7 Å². The van der Waals surface area contributed by atoms with Crippen LogP contribution in [-0.4, -0.2) is 43.0 Å². The number of thiazole rings is 1. The van der Waals surface area contributed by atoms with Crippen LogP contribution in [0.25, 0.3) is 10.2 Å². The summed E-state index contributed by atoms with van der Waals surface area (Å²) in [7, 11) is 3.66. The second kappa shape index (κ2) is 9.06. The Morgan fingerprint density at radius 1 is 1.07 bits per heavy atom. The molecule has 0 aliphatic carbocycles. The van der Waals surface area contributed by atoms with Gasteiger partial charge in [0.2, 0.25) is 0 Å². The van der Waals surface area contributed by atoms with E-state index in [1.807, 2.05) is 19.0 Å². The summed E-state index contributed by atoms with van der Waals surface area (Å²) in [4.78, 5) is 20.5. The molecule has 0 atom stereocenters. The van der Waals surface area contributed by atoms with Crippen LogP contribution in [0.4, 0.5) is 22.7 Å². The minimum absolute atomic E-state index is 0. The first-order valence-corrected chi connectivity index (χ1v) is 9.17. The summed E-state index contributed by atoms with van der Waals surface area (Å²) >= 11 is 1.16. The number of likely N-dealkylation sites (N-methyl/N-ethyl adjacent to an activating group) is 1. The lowest BCUT2D eigenvalue weighted by Crippen LogP contribution is -2.36. The largest absolute Gasteiger partial charge is 0.416 e. The first kappa shape index (κ1) is 23.1. The number of rotatable bonds is 5. The van der Waals surface area contributed by atoms with E-state index in [0.717, 1.165) is 35.6 Å². The van der Waals surface area contributed by atoms with Crippen molar-refractivity contribution in [1.29, 1.82) is 0 Å². The van der Waals surface area contributed by atoms with Gasteiger partial charge in [-0.25, -0.2) is 9.37 Å². The van der Waals surface area contributed by atoms with Gasteiger partial charge in [0.05, 0.1) is 10.3 Å². The number of carbonyl (C=O) groups excluding carboxylic acids is 1. The highest BCUT2D eigenvalue weighted by Crippen LogP contribution is 2.32. The number of hydrogen-bond donors (Lipinski definition) is 0. The zero-order valence-electron chi connectivity index (χ0n) is 15.5. The van der Waals surface area contributed by atoms with Crippen LogP contribution in [0.5, 0.6) is 0 Å². The van der Waals surface area contributed by atoms with Crippen molar-refractivity contribution in [3.63, 3.8) is 0 Å². The molecule has 0 unspecified atom stereocenters. The van der Waals surface area contributed by atoms with E-state index in [2.05, 4.69) is 4.98 Å². The van der Waals surface area contributed by atoms with Gasteiger partial charge in [-0.15, -0.1) is 12.4 Å². The third kappa shape index (κ3) is 5.23. The fourth-order valence-corrected chi connectivity index (χ4v) is 3.56. The van der Waals surface area contributed by atoms with Crippen molar-refractivity contribution >= 4 is 45.0 Å². The van der Waals surface area contributed by atoms with Gasteiger partial charge >= 0.3 is 6.18 Å². The zero-order chi connectivity index (χ0) is 20.5. The molecule has 0 aliphatic rings. The normalized spacial score (nSPS) is 11.6. The van der Waals surface area contributed by atoms with Crippen molar-refractivity contribution in [1.82, 2.24) is 9.88 Å². The quantitative estimate of drug-likeness (QED) is 0.511. The molecule has 0 saturated heterocycles. The average Bonchev–Trinajstić information content (AvgIpc) is 3.06. The number of amides is 1. The van der Waals surface area contributed by atoms with E-state index in [1.54, 1.807) is 12.1 Å². The molecular formula is C19H18ClF4N3OS. The predicted octanol–water partition coefficient (Wildman–Crippen LogP) is 5.08. The molecule has 0 saturated carbocycles. The third-order valence-corrected chi connectivity index (χ3v) is 5.11. The van der Waals surface area contributed by atoms with Crippen LogP contribution in [-0.2, 0) is 6.18 Å². The molecule has 0 bridgehead atoms. The van der Waals surface area contributed by atoms with E-state index in [4.69, 9.17) is 0 Å². The molecule has 1 heterocycles. The maximum atomic E-state index is 14.0. The lowest BCUT2D eigenvalue weighted by molar-refractivity contribution is -0.137. The lowest BCUT2D eigenvalue weighted by atomic mass is 10.1. The fourth-order valence-electron chi connectivity index (χ4n) is 2.56. The highest BCUT2D eigenvalue weighted by Gasteiger charge is 2.31. The molecule has 1 amide bonds. The Bertz CT molecular complexity index is 989. The minimum Gasteiger partial charge on any atom is -0.308 e. The standard InChI is InChI=1S/C19H17F4N3OS.ClH/c1-25(2)10-11-26(18-24-16-14(20)4-3-5-15(16)28-18)17(27)12-6-8-13(9-7-12)19(21,22)23;/h3-9H,10-11H2,1-2H3;1H.